The van der Waals surface area contributed by atoms with Gasteiger partial charge in [0.25, 0.3) is 0 Å². The predicted octanol–water partition coefficient (Wildman–Crippen LogP) is 7.28. The van der Waals surface area contributed by atoms with Crippen LogP contribution < -0.4 is 16.0 Å². The van der Waals surface area contributed by atoms with Crippen molar-refractivity contribution in [3.05, 3.63) is 0 Å². The maximum atomic E-state index is 12.7. The molecule has 0 heterocycles. The number of carboxylic acid groups (broad SMARTS) is 2. The van der Waals surface area contributed by atoms with Crippen LogP contribution in [0.5, 0.6) is 0 Å². The van der Waals surface area contributed by atoms with Crippen LogP contribution in [0.15, 0.2) is 0 Å². The van der Waals surface area contributed by atoms with Gasteiger partial charge in [-0.25, -0.2) is 4.79 Å². The number of carbonyl (C=O) groups excluding carboxylic acids is 3. The van der Waals surface area contributed by atoms with Gasteiger partial charge in [-0.2, -0.15) is 0 Å². The molecule has 10 heteroatoms. The molecule has 272 valence electrons. The summed E-state index contributed by atoms with van der Waals surface area (Å²) in [5, 5.41) is 26.6. The van der Waals surface area contributed by atoms with E-state index in [1.54, 1.807) is 0 Å². The number of carbonyl (C=O) groups is 5. The van der Waals surface area contributed by atoms with Crippen LogP contribution in [-0.4, -0.2) is 59.0 Å². The van der Waals surface area contributed by atoms with Gasteiger partial charge in [-0.15, -0.1) is 0 Å². The predicted molar refractivity (Wildman–Crippen MR) is 186 cm³/mol. The summed E-state index contributed by atoms with van der Waals surface area (Å²) >= 11 is 0. The van der Waals surface area contributed by atoms with Crippen molar-refractivity contribution in [2.75, 3.05) is 13.1 Å². The Bertz CT molecular complexity index is 874. The van der Waals surface area contributed by atoms with Crippen LogP contribution in [0.2, 0.25) is 0 Å². The lowest BCUT2D eigenvalue weighted by molar-refractivity contribution is -0.143. The Kier molecular flexibility index (Phi) is 25.6. The summed E-state index contributed by atoms with van der Waals surface area (Å²) in [6.07, 6.45) is 24.9. The molecule has 1 aliphatic rings. The number of aliphatic carboxylic acids is 2. The Balaban J connectivity index is 1.98. The molecule has 0 radical (unpaired) electrons. The molecule has 0 aromatic heterocycles. The fraction of sp³-hybridized carbons (Fsp3) is 0.865. The SMILES string of the molecule is CCCCNC(=O)CC[C@H](NC(=O)C1CCC(CNC(=O)CCCCCCCCCCCCCCCCCCC(=O)O)CC1)C(=O)O. The van der Waals surface area contributed by atoms with Crippen molar-refractivity contribution in [1.82, 2.24) is 16.0 Å². The molecule has 5 N–H and O–H groups in total. The molecule has 0 spiro atoms. The van der Waals surface area contributed by atoms with Crippen molar-refractivity contribution in [2.45, 2.75) is 180 Å². The minimum absolute atomic E-state index is 0.0668. The molecule has 0 aromatic carbocycles. The normalized spacial score (nSPS) is 16.7. The van der Waals surface area contributed by atoms with Crippen LogP contribution in [0, 0.1) is 11.8 Å². The molecule has 1 aliphatic carbocycles. The van der Waals surface area contributed by atoms with Gasteiger partial charge in [-0.3, -0.25) is 19.2 Å². The highest BCUT2D eigenvalue weighted by molar-refractivity contribution is 5.85. The minimum atomic E-state index is -1.12. The van der Waals surface area contributed by atoms with E-state index in [9.17, 15) is 29.1 Å². The maximum absolute atomic E-state index is 12.7. The van der Waals surface area contributed by atoms with Gasteiger partial charge in [0, 0.05) is 38.3 Å². The Morgan fingerprint density at radius 2 is 1.06 bits per heavy atom. The second kappa shape index (κ2) is 28.4. The molecule has 1 fully saturated rings. The number of hydrogen-bond donors (Lipinski definition) is 5. The summed E-state index contributed by atoms with van der Waals surface area (Å²) in [6, 6.07) is -1.07. The Labute approximate surface area is 284 Å². The molecule has 1 atom stereocenters. The van der Waals surface area contributed by atoms with E-state index in [-0.39, 0.29) is 36.5 Å². The van der Waals surface area contributed by atoms with Gasteiger partial charge in [0.1, 0.15) is 6.04 Å². The molecular formula is C37H67N3O7. The van der Waals surface area contributed by atoms with Gasteiger partial charge in [-0.05, 0) is 57.3 Å². The first kappa shape index (κ1) is 42.4. The standard InChI is InChI=1S/C37H67N3O7/c1-2-3-28-38-34(42)27-26-32(37(46)47)40-36(45)31-24-22-30(23-25-31)29-39-33(41)20-18-16-14-12-10-8-6-4-5-7-9-11-13-15-17-19-21-35(43)44/h30-32H,2-29H2,1H3,(H,38,42)(H,39,41)(H,40,45)(H,43,44)(H,46,47)/t30?,31?,32-/m0/s1. The van der Waals surface area contributed by atoms with Gasteiger partial charge in [0.05, 0.1) is 0 Å². The highest BCUT2D eigenvalue weighted by atomic mass is 16.4. The zero-order valence-corrected chi connectivity index (χ0v) is 29.5. The van der Waals surface area contributed by atoms with E-state index in [2.05, 4.69) is 16.0 Å². The van der Waals surface area contributed by atoms with E-state index in [0.717, 1.165) is 57.8 Å². The molecule has 0 saturated heterocycles. The summed E-state index contributed by atoms with van der Waals surface area (Å²) in [5.41, 5.74) is 0. The van der Waals surface area contributed by atoms with Crippen LogP contribution in [0.1, 0.15) is 174 Å². The summed E-state index contributed by atoms with van der Waals surface area (Å²) in [4.78, 5) is 59.1. The summed E-state index contributed by atoms with van der Waals surface area (Å²) in [5.74, 6) is -2.04. The van der Waals surface area contributed by atoms with Gasteiger partial charge in [0.15, 0.2) is 0 Å². The quantitative estimate of drug-likeness (QED) is 0.0504. The second-order valence-corrected chi connectivity index (χ2v) is 13.7. The third-order valence-electron chi connectivity index (χ3n) is 9.48. The lowest BCUT2D eigenvalue weighted by Crippen LogP contribution is -2.45. The zero-order valence-electron chi connectivity index (χ0n) is 29.5. The number of rotatable bonds is 30. The maximum Gasteiger partial charge on any atom is 0.326 e. The van der Waals surface area contributed by atoms with E-state index in [4.69, 9.17) is 5.11 Å². The molecule has 1 rings (SSSR count). The fourth-order valence-corrected chi connectivity index (χ4v) is 6.33. The Hall–Kier alpha value is -2.65. The average molecular weight is 666 g/mol. The Morgan fingerprint density at radius 3 is 1.53 bits per heavy atom. The third-order valence-corrected chi connectivity index (χ3v) is 9.48. The largest absolute Gasteiger partial charge is 0.481 e. The number of unbranched alkanes of at least 4 members (excludes halogenated alkanes) is 16. The van der Waals surface area contributed by atoms with Gasteiger partial charge < -0.3 is 26.2 Å². The molecule has 0 bridgehead atoms. The molecule has 1 saturated carbocycles. The number of nitrogens with one attached hydrogen (secondary N) is 3. The van der Waals surface area contributed by atoms with E-state index in [1.807, 2.05) is 6.92 Å². The number of hydrogen-bond acceptors (Lipinski definition) is 5. The van der Waals surface area contributed by atoms with Gasteiger partial charge in [-0.1, -0.05) is 103 Å². The first-order valence-corrected chi connectivity index (χ1v) is 19.0. The van der Waals surface area contributed by atoms with E-state index in [1.165, 1.54) is 70.6 Å². The zero-order chi connectivity index (χ0) is 34.5. The lowest BCUT2D eigenvalue weighted by atomic mass is 9.81. The fourth-order valence-electron chi connectivity index (χ4n) is 6.33. The molecular weight excluding hydrogens is 598 g/mol. The van der Waals surface area contributed by atoms with E-state index < -0.39 is 18.0 Å². The van der Waals surface area contributed by atoms with Gasteiger partial charge >= 0.3 is 11.9 Å². The van der Waals surface area contributed by atoms with Crippen molar-refractivity contribution in [1.29, 1.82) is 0 Å². The van der Waals surface area contributed by atoms with Crippen LogP contribution in [-0.2, 0) is 24.0 Å². The third kappa shape index (κ3) is 24.2. The van der Waals surface area contributed by atoms with E-state index in [0.29, 0.717) is 44.7 Å². The lowest BCUT2D eigenvalue weighted by Gasteiger charge is -2.28. The van der Waals surface area contributed by atoms with Crippen LogP contribution >= 0.6 is 0 Å². The monoisotopic (exact) mass is 665 g/mol. The van der Waals surface area contributed by atoms with Crippen molar-refractivity contribution in [3.63, 3.8) is 0 Å². The highest BCUT2D eigenvalue weighted by Crippen LogP contribution is 2.29. The molecule has 10 nitrogen and oxygen atoms in total. The summed E-state index contributed by atoms with van der Waals surface area (Å²) < 4.78 is 0. The van der Waals surface area contributed by atoms with Crippen molar-refractivity contribution in [2.24, 2.45) is 11.8 Å². The van der Waals surface area contributed by atoms with Crippen molar-refractivity contribution >= 4 is 29.7 Å². The summed E-state index contributed by atoms with van der Waals surface area (Å²) in [6.45, 7) is 3.24. The smallest absolute Gasteiger partial charge is 0.326 e. The average Bonchev–Trinajstić information content (AvgIpc) is 3.05. The topological polar surface area (TPSA) is 162 Å². The second-order valence-electron chi connectivity index (χ2n) is 13.7. The van der Waals surface area contributed by atoms with E-state index >= 15 is 0 Å². The summed E-state index contributed by atoms with van der Waals surface area (Å²) in [7, 11) is 0. The number of amides is 3. The Morgan fingerprint density at radius 1 is 0.596 bits per heavy atom. The molecule has 47 heavy (non-hydrogen) atoms. The minimum Gasteiger partial charge on any atom is -0.481 e. The highest BCUT2D eigenvalue weighted by Gasteiger charge is 2.29. The van der Waals surface area contributed by atoms with Crippen molar-refractivity contribution in [3.8, 4) is 0 Å². The van der Waals surface area contributed by atoms with Crippen LogP contribution in [0.4, 0.5) is 0 Å². The first-order chi connectivity index (χ1) is 22.7. The molecule has 0 aliphatic heterocycles. The molecule has 0 aromatic rings. The van der Waals surface area contributed by atoms with Gasteiger partial charge in [0.2, 0.25) is 17.7 Å². The number of carboxylic acids is 2. The molecule has 3 amide bonds. The van der Waals surface area contributed by atoms with Crippen LogP contribution in [0.3, 0.4) is 0 Å². The molecule has 0 unspecified atom stereocenters. The van der Waals surface area contributed by atoms with Crippen molar-refractivity contribution < 1.29 is 34.2 Å². The van der Waals surface area contributed by atoms with Crippen LogP contribution in [0.25, 0.3) is 0 Å². The first-order valence-electron chi connectivity index (χ1n) is 19.0.